The number of furan rings is 1. The summed E-state index contributed by atoms with van der Waals surface area (Å²) in [5.74, 6) is 1.67. The molecule has 0 aliphatic rings. The molecule has 31 heavy (non-hydrogen) atoms. The predicted octanol–water partition coefficient (Wildman–Crippen LogP) is 3.31. The summed E-state index contributed by atoms with van der Waals surface area (Å²) >= 11 is 1.20. The van der Waals surface area contributed by atoms with E-state index in [2.05, 4.69) is 20.8 Å². The van der Waals surface area contributed by atoms with E-state index in [0.29, 0.717) is 29.8 Å². The van der Waals surface area contributed by atoms with E-state index in [1.54, 1.807) is 13.4 Å². The summed E-state index contributed by atoms with van der Waals surface area (Å²) < 4.78 is 12.7. The van der Waals surface area contributed by atoms with Gasteiger partial charge < -0.3 is 14.5 Å². The average Bonchev–Trinajstić information content (AvgIpc) is 3.43. The maximum atomic E-state index is 12.2. The first kappa shape index (κ1) is 22.4. The third kappa shape index (κ3) is 6.35. The van der Waals surface area contributed by atoms with Gasteiger partial charge in [0.15, 0.2) is 11.0 Å². The second kappa shape index (κ2) is 11.2. The van der Waals surface area contributed by atoms with Crippen LogP contribution in [0.25, 0.3) is 11.4 Å². The molecule has 2 heterocycles. The Labute approximate surface area is 184 Å². The van der Waals surface area contributed by atoms with Crippen molar-refractivity contribution in [2.45, 2.75) is 31.5 Å². The van der Waals surface area contributed by atoms with Crippen LogP contribution in [0.2, 0.25) is 0 Å². The summed E-state index contributed by atoms with van der Waals surface area (Å²) in [7, 11) is 1.60. The fraction of sp³-hybridized carbons (Fsp3) is 0.333. The lowest BCUT2D eigenvalue weighted by Crippen LogP contribution is -2.40. The number of carbonyl (C=O) groups is 2. The van der Waals surface area contributed by atoms with E-state index in [-0.39, 0.29) is 5.75 Å². The molecule has 2 N–H and O–H groups in total. The van der Waals surface area contributed by atoms with Crippen molar-refractivity contribution in [3.63, 3.8) is 0 Å². The molecule has 3 amide bonds. The van der Waals surface area contributed by atoms with Gasteiger partial charge in [0.1, 0.15) is 11.5 Å². The number of urea groups is 1. The Morgan fingerprint density at radius 3 is 2.84 bits per heavy atom. The molecule has 2 aromatic heterocycles. The Bertz CT molecular complexity index is 1000. The van der Waals surface area contributed by atoms with E-state index < -0.39 is 11.9 Å². The van der Waals surface area contributed by atoms with Gasteiger partial charge in [-0.25, -0.2) is 4.79 Å². The highest BCUT2D eigenvalue weighted by molar-refractivity contribution is 7.99. The molecule has 0 aliphatic heterocycles. The average molecular weight is 444 g/mol. The van der Waals surface area contributed by atoms with Crippen LogP contribution < -0.4 is 15.4 Å². The monoisotopic (exact) mass is 443 g/mol. The first-order valence-corrected chi connectivity index (χ1v) is 10.9. The molecule has 0 aliphatic carbocycles. The molecule has 0 saturated carbocycles. The zero-order chi connectivity index (χ0) is 22.1. The van der Waals surface area contributed by atoms with Crippen molar-refractivity contribution in [3.8, 4) is 17.1 Å². The fourth-order valence-electron chi connectivity index (χ4n) is 2.79. The van der Waals surface area contributed by atoms with Gasteiger partial charge in [-0.05, 0) is 30.7 Å². The van der Waals surface area contributed by atoms with Crippen molar-refractivity contribution in [1.29, 1.82) is 0 Å². The number of rotatable bonds is 10. The predicted molar refractivity (Wildman–Crippen MR) is 117 cm³/mol. The lowest BCUT2D eigenvalue weighted by Gasteiger charge is -2.10. The van der Waals surface area contributed by atoms with Crippen molar-refractivity contribution >= 4 is 23.7 Å². The zero-order valence-electron chi connectivity index (χ0n) is 17.5. The van der Waals surface area contributed by atoms with Gasteiger partial charge in [0.25, 0.3) is 0 Å². The molecule has 10 heteroatoms. The molecule has 0 bridgehead atoms. The van der Waals surface area contributed by atoms with Gasteiger partial charge >= 0.3 is 6.03 Å². The Balaban J connectivity index is 1.73. The molecular formula is C21H25N5O4S. The topological polar surface area (TPSA) is 111 Å². The summed E-state index contributed by atoms with van der Waals surface area (Å²) in [5.41, 5.74) is 0.824. The lowest BCUT2D eigenvalue weighted by molar-refractivity contribution is -0.117. The molecule has 1 aromatic carbocycles. The Hall–Kier alpha value is -3.27. The molecule has 0 radical (unpaired) electrons. The maximum Gasteiger partial charge on any atom is 0.321 e. The van der Waals surface area contributed by atoms with Crippen molar-refractivity contribution in [1.82, 2.24) is 25.4 Å². The summed E-state index contributed by atoms with van der Waals surface area (Å²) in [4.78, 5) is 23.9. The van der Waals surface area contributed by atoms with Crippen molar-refractivity contribution in [2.24, 2.45) is 0 Å². The highest BCUT2D eigenvalue weighted by Gasteiger charge is 2.18. The minimum atomic E-state index is -0.492. The highest BCUT2D eigenvalue weighted by atomic mass is 32.2. The van der Waals surface area contributed by atoms with Gasteiger partial charge in [0, 0.05) is 12.1 Å². The van der Waals surface area contributed by atoms with Gasteiger partial charge in [-0.1, -0.05) is 37.2 Å². The van der Waals surface area contributed by atoms with Gasteiger partial charge in [-0.2, -0.15) is 0 Å². The smallest absolute Gasteiger partial charge is 0.321 e. The van der Waals surface area contributed by atoms with Crippen LogP contribution in [-0.2, 0) is 11.3 Å². The molecule has 0 unspecified atom stereocenters. The number of thioether (sulfide) groups is 1. The molecule has 0 spiro atoms. The molecule has 9 nitrogen and oxygen atoms in total. The number of benzene rings is 1. The first-order chi connectivity index (χ1) is 15.1. The van der Waals surface area contributed by atoms with Gasteiger partial charge in [-0.3, -0.25) is 14.7 Å². The standard InChI is InChI=1S/C21H25N5O4S/c1-3-4-10-22-20(28)23-18(27)14-31-21-25-24-19(15-7-5-8-16(12-15)29-2)26(21)13-17-9-6-11-30-17/h5-9,11-12H,3-4,10,13-14H2,1-2H3,(H2,22,23,27,28). The van der Waals surface area contributed by atoms with Crippen LogP contribution in [0.15, 0.2) is 52.2 Å². The minimum absolute atomic E-state index is 0.0234. The molecule has 3 aromatic rings. The van der Waals surface area contributed by atoms with Crippen LogP contribution in [0.1, 0.15) is 25.5 Å². The number of hydrogen-bond acceptors (Lipinski definition) is 7. The molecular weight excluding hydrogens is 418 g/mol. The SMILES string of the molecule is CCCCNC(=O)NC(=O)CSc1nnc(-c2cccc(OC)c2)n1Cc1ccco1. The van der Waals surface area contributed by atoms with E-state index in [9.17, 15) is 9.59 Å². The lowest BCUT2D eigenvalue weighted by atomic mass is 10.2. The number of nitrogens with one attached hydrogen (secondary N) is 2. The zero-order valence-corrected chi connectivity index (χ0v) is 18.3. The number of ether oxygens (including phenoxy) is 1. The Morgan fingerprint density at radius 2 is 2.10 bits per heavy atom. The van der Waals surface area contributed by atoms with Crippen LogP contribution >= 0.6 is 11.8 Å². The molecule has 0 fully saturated rings. The summed E-state index contributed by atoms with van der Waals surface area (Å²) in [6, 6.07) is 10.7. The molecule has 0 atom stereocenters. The van der Waals surface area contributed by atoms with Crippen LogP contribution in [0.4, 0.5) is 4.79 Å². The summed E-state index contributed by atoms with van der Waals surface area (Å²) in [6.45, 7) is 2.96. The Kier molecular flexibility index (Phi) is 8.11. The number of aromatic nitrogens is 3. The number of nitrogens with zero attached hydrogens (tertiary/aromatic N) is 3. The first-order valence-electron chi connectivity index (χ1n) is 9.91. The number of methoxy groups -OCH3 is 1. The summed E-state index contributed by atoms with van der Waals surface area (Å²) in [5, 5.41) is 14.1. The van der Waals surface area contributed by atoms with Crippen molar-refractivity contribution < 1.29 is 18.7 Å². The van der Waals surface area contributed by atoms with E-state index in [0.717, 1.165) is 24.2 Å². The maximum absolute atomic E-state index is 12.2. The van der Waals surface area contributed by atoms with Gasteiger partial charge in [0.05, 0.1) is 25.7 Å². The Morgan fingerprint density at radius 1 is 1.23 bits per heavy atom. The van der Waals surface area contributed by atoms with Gasteiger partial charge in [-0.15, -0.1) is 10.2 Å². The number of imide groups is 1. The summed E-state index contributed by atoms with van der Waals surface area (Å²) in [6.07, 6.45) is 3.42. The van der Waals surface area contributed by atoms with Crippen LogP contribution in [0.3, 0.4) is 0 Å². The second-order valence-corrected chi connectivity index (χ2v) is 7.59. The van der Waals surface area contributed by atoms with E-state index in [1.807, 2.05) is 47.9 Å². The third-order valence-corrected chi connectivity index (χ3v) is 5.31. The number of hydrogen-bond donors (Lipinski definition) is 2. The number of amides is 3. The molecule has 3 rings (SSSR count). The number of carbonyl (C=O) groups excluding carboxylic acids is 2. The largest absolute Gasteiger partial charge is 0.497 e. The van der Waals surface area contributed by atoms with Crippen molar-refractivity contribution in [3.05, 3.63) is 48.4 Å². The quantitative estimate of drug-likeness (QED) is 0.365. The normalized spacial score (nSPS) is 10.6. The highest BCUT2D eigenvalue weighted by Crippen LogP contribution is 2.27. The number of unbranched alkanes of at least 4 members (excludes halogenated alkanes) is 1. The van der Waals surface area contributed by atoms with Crippen LogP contribution in [0.5, 0.6) is 5.75 Å². The second-order valence-electron chi connectivity index (χ2n) is 6.65. The van der Waals surface area contributed by atoms with E-state index in [4.69, 9.17) is 9.15 Å². The van der Waals surface area contributed by atoms with Crippen LogP contribution in [-0.4, -0.2) is 46.1 Å². The van der Waals surface area contributed by atoms with Gasteiger partial charge in [0.2, 0.25) is 5.91 Å². The van der Waals surface area contributed by atoms with E-state index in [1.165, 1.54) is 11.8 Å². The minimum Gasteiger partial charge on any atom is -0.497 e. The molecule has 0 saturated heterocycles. The third-order valence-electron chi connectivity index (χ3n) is 4.34. The molecule has 164 valence electrons. The van der Waals surface area contributed by atoms with Crippen LogP contribution in [0, 0.1) is 0 Å². The fourth-order valence-corrected chi connectivity index (χ4v) is 3.53. The van der Waals surface area contributed by atoms with Crippen molar-refractivity contribution in [2.75, 3.05) is 19.4 Å². The van der Waals surface area contributed by atoms with E-state index >= 15 is 0 Å².